The van der Waals surface area contributed by atoms with Gasteiger partial charge in [-0.15, -0.1) is 22.7 Å². The molecule has 22 heavy (non-hydrogen) atoms. The summed E-state index contributed by atoms with van der Waals surface area (Å²) in [6.07, 6.45) is 4.10. The molecule has 0 aliphatic rings. The van der Waals surface area contributed by atoms with E-state index < -0.39 is 0 Å². The minimum Gasteiger partial charge on any atom is -0.338 e. The third kappa shape index (κ3) is 2.80. The van der Waals surface area contributed by atoms with Crippen molar-refractivity contribution in [1.29, 1.82) is 0 Å². The number of unbranched alkanes of at least 4 members (excludes halogenated alkanes) is 1. The molecule has 0 bridgehead atoms. The lowest BCUT2D eigenvalue weighted by Crippen LogP contribution is -2.32. The number of carbonyl (C=O) groups excluding carboxylic acids is 1. The van der Waals surface area contributed by atoms with Crippen LogP contribution in [0.15, 0.2) is 29.1 Å². The van der Waals surface area contributed by atoms with E-state index in [1.165, 1.54) is 11.3 Å². The quantitative estimate of drug-likeness (QED) is 0.671. The fraction of sp³-hybridized carbons (Fsp3) is 0.375. The van der Waals surface area contributed by atoms with Crippen LogP contribution in [0.1, 0.15) is 37.2 Å². The van der Waals surface area contributed by atoms with Crippen LogP contribution in [0.4, 0.5) is 0 Å². The second-order valence-electron chi connectivity index (χ2n) is 5.12. The number of rotatable bonds is 6. The van der Waals surface area contributed by atoms with E-state index in [1.807, 2.05) is 39.2 Å². The van der Waals surface area contributed by atoms with E-state index in [0.29, 0.717) is 5.69 Å². The number of thiophene rings is 1. The van der Waals surface area contributed by atoms with Crippen LogP contribution >= 0.6 is 22.7 Å². The van der Waals surface area contributed by atoms with E-state index in [0.717, 1.165) is 41.5 Å². The molecule has 4 nitrogen and oxygen atoms in total. The maximum atomic E-state index is 12.7. The van der Waals surface area contributed by atoms with Crippen molar-refractivity contribution in [3.8, 4) is 10.6 Å². The Morgan fingerprint density at radius 1 is 1.36 bits per heavy atom. The third-order valence-electron chi connectivity index (χ3n) is 3.65. The molecule has 1 amide bonds. The number of carbonyl (C=O) groups is 1. The van der Waals surface area contributed by atoms with Gasteiger partial charge in [-0.25, -0.2) is 4.98 Å². The molecule has 3 aromatic heterocycles. The molecule has 6 heteroatoms. The van der Waals surface area contributed by atoms with Crippen molar-refractivity contribution in [2.75, 3.05) is 13.1 Å². The molecule has 0 atom stereocenters. The van der Waals surface area contributed by atoms with Gasteiger partial charge in [0.05, 0.1) is 4.88 Å². The van der Waals surface area contributed by atoms with Crippen molar-refractivity contribution in [3.63, 3.8) is 0 Å². The molecule has 0 aliphatic heterocycles. The molecule has 0 fully saturated rings. The first-order valence-corrected chi connectivity index (χ1v) is 9.30. The average Bonchev–Trinajstić information content (AvgIpc) is 3.23. The number of nitrogens with zero attached hydrogens (tertiary/aromatic N) is 3. The molecular formula is C16H19N3OS2. The molecule has 0 saturated heterocycles. The molecule has 3 aromatic rings. The first-order valence-electron chi connectivity index (χ1n) is 7.54. The summed E-state index contributed by atoms with van der Waals surface area (Å²) in [6.45, 7) is 5.73. The number of fused-ring (bicyclic) bond motifs is 1. The SMILES string of the molecule is CCCCN(CC)C(=O)c1csc2nc(-c3cccs3)cn12. The van der Waals surface area contributed by atoms with E-state index in [9.17, 15) is 4.79 Å². The highest BCUT2D eigenvalue weighted by molar-refractivity contribution is 7.15. The lowest BCUT2D eigenvalue weighted by Gasteiger charge is -2.19. The van der Waals surface area contributed by atoms with Crippen molar-refractivity contribution in [3.05, 3.63) is 34.8 Å². The van der Waals surface area contributed by atoms with Crippen molar-refractivity contribution in [2.24, 2.45) is 0 Å². The first kappa shape index (κ1) is 15.2. The maximum Gasteiger partial charge on any atom is 0.271 e. The zero-order valence-electron chi connectivity index (χ0n) is 12.8. The molecule has 0 N–H and O–H groups in total. The molecule has 0 aliphatic carbocycles. The van der Waals surface area contributed by atoms with Gasteiger partial charge in [0.2, 0.25) is 0 Å². The fourth-order valence-corrected chi connectivity index (χ4v) is 3.92. The molecule has 0 spiro atoms. The van der Waals surface area contributed by atoms with Gasteiger partial charge in [-0.1, -0.05) is 19.4 Å². The topological polar surface area (TPSA) is 37.6 Å². The second-order valence-corrected chi connectivity index (χ2v) is 6.90. The Morgan fingerprint density at radius 3 is 2.91 bits per heavy atom. The van der Waals surface area contributed by atoms with E-state index in [1.54, 1.807) is 11.3 Å². The number of amides is 1. The van der Waals surface area contributed by atoms with Gasteiger partial charge in [0.15, 0.2) is 4.96 Å². The van der Waals surface area contributed by atoms with Crippen LogP contribution < -0.4 is 0 Å². The fourth-order valence-electron chi connectivity index (χ4n) is 2.40. The van der Waals surface area contributed by atoms with Crippen molar-refractivity contribution in [2.45, 2.75) is 26.7 Å². The highest BCUT2D eigenvalue weighted by Gasteiger charge is 2.19. The van der Waals surface area contributed by atoms with Crippen LogP contribution in [0.25, 0.3) is 15.5 Å². The van der Waals surface area contributed by atoms with Gasteiger partial charge >= 0.3 is 0 Å². The largest absolute Gasteiger partial charge is 0.338 e. The minimum atomic E-state index is 0.0947. The molecule has 0 saturated carbocycles. The van der Waals surface area contributed by atoms with Gasteiger partial charge in [-0.3, -0.25) is 9.20 Å². The van der Waals surface area contributed by atoms with Crippen LogP contribution in [-0.4, -0.2) is 33.3 Å². The van der Waals surface area contributed by atoms with Crippen molar-refractivity contribution in [1.82, 2.24) is 14.3 Å². The summed E-state index contributed by atoms with van der Waals surface area (Å²) in [5.74, 6) is 0.0947. The highest BCUT2D eigenvalue weighted by Crippen LogP contribution is 2.27. The molecule has 0 unspecified atom stereocenters. The average molecular weight is 333 g/mol. The monoisotopic (exact) mass is 333 g/mol. The Balaban J connectivity index is 1.92. The number of aromatic nitrogens is 2. The zero-order chi connectivity index (χ0) is 15.5. The van der Waals surface area contributed by atoms with Crippen LogP contribution in [0.2, 0.25) is 0 Å². The van der Waals surface area contributed by atoms with Crippen molar-refractivity contribution < 1.29 is 4.79 Å². The first-order chi connectivity index (χ1) is 10.7. The van der Waals surface area contributed by atoms with E-state index in [2.05, 4.69) is 18.0 Å². The van der Waals surface area contributed by atoms with Crippen LogP contribution in [0.5, 0.6) is 0 Å². The second kappa shape index (κ2) is 6.62. The molecule has 0 aromatic carbocycles. The number of thiazole rings is 1. The van der Waals surface area contributed by atoms with Crippen LogP contribution in [-0.2, 0) is 0 Å². The summed E-state index contributed by atoms with van der Waals surface area (Å²) in [5, 5.41) is 3.95. The predicted molar refractivity (Wildman–Crippen MR) is 92.9 cm³/mol. The molecule has 0 radical (unpaired) electrons. The smallest absolute Gasteiger partial charge is 0.271 e. The van der Waals surface area contributed by atoms with Crippen LogP contribution in [0.3, 0.4) is 0 Å². The highest BCUT2D eigenvalue weighted by atomic mass is 32.1. The van der Waals surface area contributed by atoms with Gasteiger partial charge < -0.3 is 4.90 Å². The lowest BCUT2D eigenvalue weighted by atomic mass is 10.3. The zero-order valence-corrected chi connectivity index (χ0v) is 14.4. The van der Waals surface area contributed by atoms with E-state index in [4.69, 9.17) is 0 Å². The van der Waals surface area contributed by atoms with Crippen LogP contribution in [0, 0.1) is 0 Å². The Hall–Kier alpha value is -1.66. The Kier molecular flexibility index (Phi) is 4.59. The Morgan fingerprint density at radius 2 is 2.23 bits per heavy atom. The van der Waals surface area contributed by atoms with Gasteiger partial charge in [0.1, 0.15) is 11.4 Å². The standard InChI is InChI=1S/C16H19N3OS2/c1-3-5-8-18(4-2)15(20)13-11-22-16-17-12(10-19(13)16)14-7-6-9-21-14/h6-7,9-11H,3-5,8H2,1-2H3. The molecule has 3 rings (SSSR count). The number of hydrogen-bond donors (Lipinski definition) is 0. The summed E-state index contributed by atoms with van der Waals surface area (Å²) in [5.41, 5.74) is 1.65. The van der Waals surface area contributed by atoms with Crippen molar-refractivity contribution >= 4 is 33.5 Å². The van der Waals surface area contributed by atoms with Gasteiger partial charge in [0, 0.05) is 24.7 Å². The molecular weight excluding hydrogens is 314 g/mol. The Labute approximate surface area is 138 Å². The number of imidazole rings is 1. The molecule has 116 valence electrons. The van der Waals surface area contributed by atoms with Gasteiger partial charge in [0.25, 0.3) is 5.91 Å². The third-order valence-corrected chi connectivity index (χ3v) is 5.38. The van der Waals surface area contributed by atoms with E-state index >= 15 is 0 Å². The van der Waals surface area contributed by atoms with Gasteiger partial charge in [-0.2, -0.15) is 0 Å². The summed E-state index contributed by atoms with van der Waals surface area (Å²) in [7, 11) is 0. The summed E-state index contributed by atoms with van der Waals surface area (Å²) in [4.78, 5) is 21.3. The predicted octanol–water partition coefficient (Wildman–Crippen LogP) is 4.39. The maximum absolute atomic E-state index is 12.7. The lowest BCUT2D eigenvalue weighted by molar-refractivity contribution is 0.0755. The summed E-state index contributed by atoms with van der Waals surface area (Å²) in [6, 6.07) is 4.07. The minimum absolute atomic E-state index is 0.0947. The Bertz CT molecular complexity index is 758. The number of hydrogen-bond acceptors (Lipinski definition) is 4. The van der Waals surface area contributed by atoms with Gasteiger partial charge in [-0.05, 0) is 24.8 Å². The molecule has 3 heterocycles. The van der Waals surface area contributed by atoms with E-state index in [-0.39, 0.29) is 5.91 Å². The normalized spacial score (nSPS) is 11.2. The summed E-state index contributed by atoms with van der Waals surface area (Å²) >= 11 is 3.19. The summed E-state index contributed by atoms with van der Waals surface area (Å²) < 4.78 is 1.93.